The molecule has 3 aromatic rings. The lowest BCUT2D eigenvalue weighted by Gasteiger charge is -2.19. The SMILES string of the molecule is COc1ccc(/C(O)=C2\C=C(c3ccnc(Nc4ccc(S(N)=O)cc4)n3)C=CC2=[N-])cc1OC. The van der Waals surface area contributed by atoms with Gasteiger partial charge in [0.1, 0.15) is 16.7 Å². The van der Waals surface area contributed by atoms with Gasteiger partial charge >= 0.3 is 0 Å². The zero-order valence-corrected chi connectivity index (χ0v) is 19.7. The van der Waals surface area contributed by atoms with Crippen LogP contribution in [0.15, 0.2) is 83.4 Å². The summed E-state index contributed by atoms with van der Waals surface area (Å²) in [5, 5.41) is 29.8. The van der Waals surface area contributed by atoms with Crippen molar-refractivity contribution in [3.8, 4) is 11.5 Å². The van der Waals surface area contributed by atoms with Gasteiger partial charge in [-0.3, -0.25) is 0 Å². The number of nitrogens with zero attached hydrogens (tertiary/aromatic N) is 3. The summed E-state index contributed by atoms with van der Waals surface area (Å²) in [6.07, 6.45) is 6.41. The molecule has 1 aliphatic carbocycles. The standard InChI is InChI=1S/C25H22N5O4S/c1-33-22-10-4-16(14-23(22)34-2)24(31)19-13-15(3-9-20(19)26)21-11-12-28-25(30-21)29-17-5-7-18(8-6-17)35(27)32/h3-14,31H,27H2,1-2H3,(H,28,29,30)/q-1/b24-19-. The number of aliphatic hydroxyl groups is 1. The second-order valence-electron chi connectivity index (χ2n) is 7.36. The molecule has 4 N–H and O–H groups in total. The highest BCUT2D eigenvalue weighted by Gasteiger charge is 2.14. The molecule has 4 rings (SSSR count). The van der Waals surface area contributed by atoms with Crippen molar-refractivity contribution in [2.45, 2.75) is 4.90 Å². The summed E-state index contributed by atoms with van der Waals surface area (Å²) < 4.78 is 21.9. The molecule has 0 saturated heterocycles. The van der Waals surface area contributed by atoms with Gasteiger partial charge in [0.25, 0.3) is 0 Å². The highest BCUT2D eigenvalue weighted by molar-refractivity contribution is 7.82. The van der Waals surface area contributed by atoms with Gasteiger partial charge in [0.15, 0.2) is 11.5 Å². The van der Waals surface area contributed by atoms with E-state index in [2.05, 4.69) is 15.3 Å². The molecule has 1 aliphatic rings. The number of hydrogen-bond donors (Lipinski definition) is 3. The van der Waals surface area contributed by atoms with E-state index in [9.17, 15) is 14.7 Å². The van der Waals surface area contributed by atoms with Crippen molar-refractivity contribution >= 4 is 39.7 Å². The normalized spacial score (nSPS) is 15.3. The number of ether oxygens (including phenoxy) is 2. The molecule has 1 unspecified atom stereocenters. The average molecular weight is 489 g/mol. The lowest BCUT2D eigenvalue weighted by atomic mass is 9.95. The third-order valence-electron chi connectivity index (χ3n) is 5.20. The monoisotopic (exact) mass is 488 g/mol. The maximum atomic E-state index is 11.4. The maximum absolute atomic E-state index is 11.4. The molecule has 0 amide bonds. The van der Waals surface area contributed by atoms with E-state index >= 15 is 0 Å². The zero-order chi connectivity index (χ0) is 24.9. The third kappa shape index (κ3) is 5.29. The Labute approximate surface area is 204 Å². The molecule has 2 aromatic carbocycles. The first kappa shape index (κ1) is 23.9. The Morgan fingerprint density at radius 1 is 1.06 bits per heavy atom. The molecular formula is C25H22N5O4S-. The van der Waals surface area contributed by atoms with Crippen molar-refractivity contribution in [3.05, 3.63) is 95.2 Å². The molecule has 0 fully saturated rings. The highest BCUT2D eigenvalue weighted by Crippen LogP contribution is 2.32. The molecule has 0 spiro atoms. The van der Waals surface area contributed by atoms with Crippen molar-refractivity contribution in [2.24, 2.45) is 5.14 Å². The number of methoxy groups -OCH3 is 2. The van der Waals surface area contributed by atoms with E-state index in [1.54, 1.807) is 66.9 Å². The van der Waals surface area contributed by atoms with Crippen molar-refractivity contribution < 1.29 is 18.8 Å². The molecule has 178 valence electrons. The van der Waals surface area contributed by atoms with Gasteiger partial charge in [-0.15, -0.1) is 5.71 Å². The van der Waals surface area contributed by atoms with Crippen molar-refractivity contribution in [3.63, 3.8) is 0 Å². The van der Waals surface area contributed by atoms with Crippen molar-refractivity contribution in [1.29, 1.82) is 0 Å². The molecule has 1 aromatic heterocycles. The molecule has 0 radical (unpaired) electrons. The Morgan fingerprint density at radius 3 is 2.49 bits per heavy atom. The lowest BCUT2D eigenvalue weighted by Crippen LogP contribution is -2.06. The fourth-order valence-corrected chi connectivity index (χ4v) is 3.81. The molecule has 9 nitrogen and oxygen atoms in total. The van der Waals surface area contributed by atoms with Gasteiger partial charge < -0.3 is 25.3 Å². The van der Waals surface area contributed by atoms with Crippen LogP contribution in [0.5, 0.6) is 11.5 Å². The molecule has 1 heterocycles. The summed E-state index contributed by atoms with van der Waals surface area (Å²) in [5.41, 5.74) is 2.51. The maximum Gasteiger partial charge on any atom is 0.227 e. The number of benzene rings is 2. The Bertz CT molecular complexity index is 1400. The number of anilines is 2. The van der Waals surface area contributed by atoms with Crippen LogP contribution in [-0.2, 0) is 11.0 Å². The molecule has 0 aliphatic heterocycles. The highest BCUT2D eigenvalue weighted by atomic mass is 32.2. The van der Waals surface area contributed by atoms with E-state index in [-0.39, 0.29) is 17.0 Å². The quantitative estimate of drug-likeness (QED) is 0.424. The third-order valence-corrected chi connectivity index (χ3v) is 5.94. The van der Waals surface area contributed by atoms with Crippen molar-refractivity contribution in [2.75, 3.05) is 19.5 Å². The fourth-order valence-electron chi connectivity index (χ4n) is 3.41. The molecule has 1 atom stereocenters. The van der Waals surface area contributed by atoms with Crippen LogP contribution in [0.4, 0.5) is 11.6 Å². The van der Waals surface area contributed by atoms with Crippen LogP contribution < -0.4 is 19.9 Å². The molecule has 35 heavy (non-hydrogen) atoms. The summed E-state index contributed by atoms with van der Waals surface area (Å²) in [6.45, 7) is 0. The van der Waals surface area contributed by atoms with E-state index in [1.165, 1.54) is 20.3 Å². The number of nitrogens with one attached hydrogen (secondary N) is 1. The van der Waals surface area contributed by atoms with Gasteiger partial charge in [-0.25, -0.2) is 19.3 Å². The van der Waals surface area contributed by atoms with E-state index in [0.29, 0.717) is 44.9 Å². The molecule has 0 saturated carbocycles. The van der Waals surface area contributed by atoms with E-state index < -0.39 is 11.0 Å². The summed E-state index contributed by atoms with van der Waals surface area (Å²) in [4.78, 5) is 9.28. The predicted molar refractivity (Wildman–Crippen MR) is 137 cm³/mol. The summed E-state index contributed by atoms with van der Waals surface area (Å²) in [7, 11) is 1.48. The first-order valence-corrected chi connectivity index (χ1v) is 11.6. The minimum atomic E-state index is -1.55. The summed E-state index contributed by atoms with van der Waals surface area (Å²) in [6, 6.07) is 13.4. The zero-order valence-electron chi connectivity index (χ0n) is 18.9. The topological polar surface area (TPSA) is 142 Å². The largest absolute Gasteiger partial charge is 0.803 e. The predicted octanol–water partition coefficient (Wildman–Crippen LogP) is 4.15. The van der Waals surface area contributed by atoms with Crippen LogP contribution in [0, 0.1) is 0 Å². The van der Waals surface area contributed by atoms with Crippen molar-refractivity contribution in [1.82, 2.24) is 9.97 Å². The molecule has 0 bridgehead atoms. The Balaban J connectivity index is 1.64. The molecular weight excluding hydrogens is 466 g/mol. The van der Waals surface area contributed by atoms with Crippen LogP contribution in [-0.4, -0.2) is 39.2 Å². The molecule has 10 heteroatoms. The van der Waals surface area contributed by atoms with E-state index in [1.807, 2.05) is 0 Å². The van der Waals surface area contributed by atoms with Gasteiger partial charge in [0, 0.05) is 28.6 Å². The average Bonchev–Trinajstić information content (AvgIpc) is 2.88. The minimum absolute atomic E-state index is 0.0918. The van der Waals surface area contributed by atoms with Crippen LogP contribution in [0.25, 0.3) is 16.7 Å². The smallest absolute Gasteiger partial charge is 0.227 e. The van der Waals surface area contributed by atoms with Crippen LogP contribution in [0.2, 0.25) is 0 Å². The Hall–Kier alpha value is -4.28. The van der Waals surface area contributed by atoms with Crippen LogP contribution in [0.1, 0.15) is 11.3 Å². The summed E-state index contributed by atoms with van der Waals surface area (Å²) >= 11 is 0. The fraction of sp³-hybridized carbons (Fsp3) is 0.0800. The minimum Gasteiger partial charge on any atom is -0.803 e. The number of aromatic nitrogens is 2. The lowest BCUT2D eigenvalue weighted by molar-refractivity contribution is 0.354. The van der Waals surface area contributed by atoms with Gasteiger partial charge in [-0.2, -0.15) is 0 Å². The van der Waals surface area contributed by atoms with Gasteiger partial charge in [-0.05, 0) is 54.6 Å². The van der Waals surface area contributed by atoms with Gasteiger partial charge in [-0.1, -0.05) is 12.2 Å². The van der Waals surface area contributed by atoms with E-state index in [0.717, 1.165) is 0 Å². The number of rotatable bonds is 7. The summed E-state index contributed by atoms with van der Waals surface area (Å²) in [5.74, 6) is 1.18. The van der Waals surface area contributed by atoms with Gasteiger partial charge in [0.2, 0.25) is 5.95 Å². The van der Waals surface area contributed by atoms with Gasteiger partial charge in [0.05, 0.1) is 24.8 Å². The van der Waals surface area contributed by atoms with E-state index in [4.69, 9.17) is 14.6 Å². The van der Waals surface area contributed by atoms with Crippen LogP contribution in [0.3, 0.4) is 0 Å². The second kappa shape index (κ2) is 10.3. The number of hydrogen-bond acceptors (Lipinski definition) is 7. The Morgan fingerprint density at radius 2 is 1.80 bits per heavy atom. The number of allylic oxidation sites excluding steroid dienone is 5. The first-order chi connectivity index (χ1) is 16.9. The van der Waals surface area contributed by atoms with Crippen LogP contribution >= 0.6 is 0 Å². The first-order valence-electron chi connectivity index (χ1n) is 10.4. The number of nitrogens with two attached hydrogens (primary N) is 1. The Kier molecular flexibility index (Phi) is 7.04. The second-order valence-corrected chi connectivity index (χ2v) is 8.43. The number of aliphatic hydroxyl groups excluding tert-OH is 1.